The van der Waals surface area contributed by atoms with Crippen molar-refractivity contribution in [3.05, 3.63) is 0 Å². The van der Waals surface area contributed by atoms with E-state index in [-0.39, 0.29) is 19.3 Å². The molecule has 1 unspecified atom stereocenters. The van der Waals surface area contributed by atoms with Crippen LogP contribution < -0.4 is 5.73 Å². The maximum atomic E-state index is 10.7. The molecule has 0 aromatic carbocycles. The summed E-state index contributed by atoms with van der Waals surface area (Å²) in [6.45, 7) is 2.11. The molecule has 26 heavy (non-hydrogen) atoms. The average Bonchev–Trinajstić information content (AvgIpc) is 2.63. The molecule has 0 saturated carbocycles. The zero-order valence-corrected chi connectivity index (χ0v) is 17.9. The van der Waals surface area contributed by atoms with Gasteiger partial charge in [-0.3, -0.25) is 4.79 Å². The minimum Gasteiger partial charge on any atom is -0.394 e. The first-order valence-corrected chi connectivity index (χ1v) is 11.9. The second kappa shape index (κ2) is 21.0. The number of aliphatic hydroxyl groups excluding tert-OH is 1. The van der Waals surface area contributed by atoms with Gasteiger partial charge in [-0.05, 0) is 12.2 Å². The fourth-order valence-electron chi connectivity index (χ4n) is 2.97. The summed E-state index contributed by atoms with van der Waals surface area (Å²) in [6, 6.07) is 0. The minimum absolute atomic E-state index is 0.0565. The highest BCUT2D eigenvalue weighted by Gasteiger charge is 2.09. The van der Waals surface area contributed by atoms with Gasteiger partial charge in [-0.25, -0.2) is 0 Å². The third-order valence-electron chi connectivity index (χ3n) is 4.61. The average molecular weight is 390 g/mol. The maximum Gasteiger partial charge on any atom is 0.243 e. The van der Waals surface area contributed by atoms with Gasteiger partial charge in [0.15, 0.2) is 0 Å². The Morgan fingerprint density at radius 2 is 1.35 bits per heavy atom. The zero-order chi connectivity index (χ0) is 19.3. The lowest BCUT2D eigenvalue weighted by atomic mass is 10.0. The van der Waals surface area contributed by atoms with Crippen molar-refractivity contribution >= 4 is 17.7 Å². The first kappa shape index (κ1) is 25.7. The summed E-state index contributed by atoms with van der Waals surface area (Å²) < 4.78 is 5.23. The van der Waals surface area contributed by atoms with Gasteiger partial charge in [-0.1, -0.05) is 90.4 Å². The van der Waals surface area contributed by atoms with Crippen molar-refractivity contribution in [2.45, 2.75) is 103 Å². The Hall–Kier alpha value is -0.260. The molecule has 0 aromatic rings. The van der Waals surface area contributed by atoms with Crippen LogP contribution in [0.5, 0.6) is 0 Å². The fraction of sp³-hybridized carbons (Fsp3) is 0.952. The summed E-state index contributed by atoms with van der Waals surface area (Å²) in [7, 11) is 0. The summed E-state index contributed by atoms with van der Waals surface area (Å²) in [5, 5.41) is 9.17. The molecule has 0 bridgehead atoms. The molecule has 0 aliphatic rings. The molecule has 3 N–H and O–H groups in total. The van der Waals surface area contributed by atoms with E-state index < -0.39 is 5.91 Å². The Kier molecular flexibility index (Phi) is 20.8. The van der Waals surface area contributed by atoms with Gasteiger partial charge >= 0.3 is 0 Å². The van der Waals surface area contributed by atoms with Gasteiger partial charge in [0.05, 0.1) is 12.7 Å². The van der Waals surface area contributed by atoms with E-state index in [1.807, 2.05) is 0 Å². The molecule has 0 radical (unpaired) electrons. The quantitative estimate of drug-likeness (QED) is 0.269. The van der Waals surface area contributed by atoms with Crippen LogP contribution in [0.2, 0.25) is 0 Å². The molecule has 0 aliphatic heterocycles. The first-order chi connectivity index (χ1) is 12.7. The lowest BCUT2D eigenvalue weighted by Crippen LogP contribution is -2.27. The van der Waals surface area contributed by atoms with Crippen LogP contribution in [-0.4, -0.2) is 41.8 Å². The number of rotatable bonds is 21. The highest BCUT2D eigenvalue weighted by Crippen LogP contribution is 2.14. The minimum atomic E-state index is -0.486. The van der Waals surface area contributed by atoms with E-state index in [4.69, 9.17) is 10.5 Å². The van der Waals surface area contributed by atoms with Crippen molar-refractivity contribution in [2.24, 2.45) is 5.73 Å². The second-order valence-electron chi connectivity index (χ2n) is 7.25. The van der Waals surface area contributed by atoms with Crippen LogP contribution in [0.4, 0.5) is 0 Å². The highest BCUT2D eigenvalue weighted by molar-refractivity contribution is 7.99. The number of primary amides is 1. The molecule has 1 atom stereocenters. The Bertz CT molecular complexity index is 303. The monoisotopic (exact) mass is 389 g/mol. The number of nitrogens with two attached hydrogens (primary N) is 1. The van der Waals surface area contributed by atoms with Gasteiger partial charge in [0.25, 0.3) is 0 Å². The van der Waals surface area contributed by atoms with Gasteiger partial charge < -0.3 is 15.6 Å². The summed E-state index contributed by atoms with van der Waals surface area (Å²) >= 11 is 1.78. The Morgan fingerprint density at radius 1 is 0.885 bits per heavy atom. The second-order valence-corrected chi connectivity index (χ2v) is 8.40. The molecular formula is C21H43NO3S. The predicted octanol–water partition coefficient (Wildman–Crippen LogP) is 5.06. The van der Waals surface area contributed by atoms with Crippen LogP contribution in [0, 0.1) is 0 Å². The van der Waals surface area contributed by atoms with Crippen molar-refractivity contribution in [3.8, 4) is 0 Å². The molecule has 0 fully saturated rings. The molecule has 4 nitrogen and oxygen atoms in total. The predicted molar refractivity (Wildman–Crippen MR) is 114 cm³/mol. The number of amides is 1. The molecular weight excluding hydrogens is 346 g/mol. The zero-order valence-electron chi connectivity index (χ0n) is 17.1. The van der Waals surface area contributed by atoms with Crippen molar-refractivity contribution in [3.63, 3.8) is 0 Å². The Labute approximate surface area is 166 Å². The lowest BCUT2D eigenvalue weighted by Gasteiger charge is -2.13. The number of unbranched alkanes of at least 4 members (excludes halogenated alkanes) is 13. The molecule has 0 aromatic heterocycles. The molecule has 0 saturated heterocycles. The summed E-state index contributed by atoms with van der Waals surface area (Å²) in [5.74, 6) is 1.33. The van der Waals surface area contributed by atoms with E-state index in [9.17, 15) is 9.90 Å². The lowest BCUT2D eigenvalue weighted by molar-refractivity contribution is -0.124. The number of aliphatic hydroxyl groups is 1. The molecule has 0 spiro atoms. The summed E-state index contributed by atoms with van der Waals surface area (Å²) in [4.78, 5) is 10.7. The van der Waals surface area contributed by atoms with Crippen molar-refractivity contribution in [1.82, 2.24) is 0 Å². The number of thioether (sulfide) groups is 1. The van der Waals surface area contributed by atoms with Gasteiger partial charge in [0, 0.05) is 5.75 Å². The molecule has 0 rings (SSSR count). The third kappa shape index (κ3) is 20.1. The van der Waals surface area contributed by atoms with Crippen LogP contribution in [0.25, 0.3) is 0 Å². The van der Waals surface area contributed by atoms with E-state index in [1.54, 1.807) is 11.8 Å². The Morgan fingerprint density at radius 3 is 1.77 bits per heavy atom. The molecule has 156 valence electrons. The third-order valence-corrected chi connectivity index (χ3v) is 5.80. The van der Waals surface area contributed by atoms with E-state index in [2.05, 4.69) is 6.92 Å². The van der Waals surface area contributed by atoms with Crippen LogP contribution in [0.3, 0.4) is 0 Å². The molecule has 0 aliphatic carbocycles. The van der Waals surface area contributed by atoms with Crippen LogP contribution in [-0.2, 0) is 9.53 Å². The summed E-state index contributed by atoms with van der Waals surface area (Å²) in [5.41, 5.74) is 5.03. The van der Waals surface area contributed by atoms with Crippen molar-refractivity contribution in [1.29, 1.82) is 0 Å². The number of hydrogen-bond donors (Lipinski definition) is 2. The van der Waals surface area contributed by atoms with Crippen molar-refractivity contribution < 1.29 is 14.6 Å². The number of carbonyl (C=O) groups is 1. The van der Waals surface area contributed by atoms with E-state index in [0.29, 0.717) is 0 Å². The molecule has 5 heteroatoms. The number of hydrogen-bond acceptors (Lipinski definition) is 4. The van der Waals surface area contributed by atoms with Crippen molar-refractivity contribution in [2.75, 3.05) is 24.7 Å². The maximum absolute atomic E-state index is 10.7. The number of carbonyl (C=O) groups excluding carboxylic acids is 1. The highest BCUT2D eigenvalue weighted by atomic mass is 32.2. The Balaban J connectivity index is 3.18. The number of ether oxygens (including phenoxy) is 1. The van der Waals surface area contributed by atoms with Gasteiger partial charge in [0.2, 0.25) is 5.91 Å². The van der Waals surface area contributed by atoms with E-state index >= 15 is 0 Å². The SMILES string of the molecule is CCCCCCCCCCCCCCCCSCC(CO)OCC(N)=O. The van der Waals surface area contributed by atoms with Crippen LogP contribution in [0.15, 0.2) is 0 Å². The first-order valence-electron chi connectivity index (χ1n) is 10.8. The van der Waals surface area contributed by atoms with Gasteiger partial charge in [-0.15, -0.1) is 0 Å². The largest absolute Gasteiger partial charge is 0.394 e. The smallest absolute Gasteiger partial charge is 0.243 e. The normalized spacial score (nSPS) is 12.4. The van der Waals surface area contributed by atoms with Crippen LogP contribution >= 0.6 is 11.8 Å². The van der Waals surface area contributed by atoms with E-state index in [0.717, 1.165) is 11.5 Å². The topological polar surface area (TPSA) is 72.6 Å². The van der Waals surface area contributed by atoms with Gasteiger partial charge in [-0.2, -0.15) is 11.8 Å². The van der Waals surface area contributed by atoms with E-state index in [1.165, 1.54) is 89.9 Å². The van der Waals surface area contributed by atoms with Crippen LogP contribution in [0.1, 0.15) is 96.8 Å². The molecule has 0 heterocycles. The fourth-order valence-corrected chi connectivity index (χ4v) is 4.01. The standard InChI is InChI=1S/C21H43NO3S/c1-2-3-4-5-6-7-8-9-10-11-12-13-14-15-16-26-19-20(17-23)25-18-21(22)24/h20,23H,2-19H2,1H3,(H2,22,24). The molecule has 1 amide bonds. The van der Waals surface area contributed by atoms with Gasteiger partial charge in [0.1, 0.15) is 6.61 Å². The summed E-state index contributed by atoms with van der Waals surface area (Å²) in [6.07, 6.45) is 19.0.